The van der Waals surface area contributed by atoms with Crippen LogP contribution in [0.25, 0.3) is 22.3 Å². The minimum absolute atomic E-state index is 0.0117. The zero-order valence-electron chi connectivity index (χ0n) is 19.8. The molecule has 9 nitrogen and oxygen atoms in total. The van der Waals surface area contributed by atoms with Gasteiger partial charge in [0.25, 0.3) is 11.8 Å². The van der Waals surface area contributed by atoms with Crippen LogP contribution in [0.1, 0.15) is 28.8 Å². The fourth-order valence-corrected chi connectivity index (χ4v) is 3.81. The highest BCUT2D eigenvalue weighted by Crippen LogP contribution is 2.29. The number of amides is 1. The molecule has 180 valence electrons. The van der Waals surface area contributed by atoms with Gasteiger partial charge in [0, 0.05) is 31.0 Å². The van der Waals surface area contributed by atoms with Crippen LogP contribution in [0.5, 0.6) is 11.6 Å². The number of hydrogen-bond acceptors (Lipinski definition) is 8. The molecule has 35 heavy (non-hydrogen) atoms. The van der Waals surface area contributed by atoms with Gasteiger partial charge in [-0.15, -0.1) is 0 Å². The van der Waals surface area contributed by atoms with E-state index in [1.165, 1.54) is 20.5 Å². The number of nitrogens with zero attached hydrogens (tertiary/aromatic N) is 4. The first kappa shape index (κ1) is 23.8. The number of carbonyl (C=O) groups excluding carboxylic acids is 1. The van der Waals surface area contributed by atoms with Gasteiger partial charge in [0.05, 0.1) is 42.9 Å². The van der Waals surface area contributed by atoms with E-state index in [0.717, 1.165) is 11.8 Å². The molecule has 0 saturated heterocycles. The lowest BCUT2D eigenvalue weighted by Gasteiger charge is -2.17. The van der Waals surface area contributed by atoms with E-state index in [4.69, 9.17) is 9.47 Å². The van der Waals surface area contributed by atoms with Crippen molar-refractivity contribution in [3.63, 3.8) is 0 Å². The Kier molecular flexibility index (Phi) is 7.00. The van der Waals surface area contributed by atoms with E-state index in [1.54, 1.807) is 37.4 Å². The molecule has 0 spiro atoms. The highest BCUT2D eigenvalue weighted by atomic mass is 19.1. The summed E-state index contributed by atoms with van der Waals surface area (Å²) >= 11 is 0. The molecule has 1 amide bonds. The predicted octanol–water partition coefficient (Wildman–Crippen LogP) is 3.82. The Morgan fingerprint density at radius 2 is 1.91 bits per heavy atom. The molecular formula is C25H25FN6O3. The van der Waals surface area contributed by atoms with Crippen LogP contribution in [-0.2, 0) is 0 Å². The van der Waals surface area contributed by atoms with Crippen molar-refractivity contribution in [2.45, 2.75) is 12.8 Å². The Labute approximate surface area is 201 Å². The van der Waals surface area contributed by atoms with Gasteiger partial charge in [0.15, 0.2) is 11.6 Å². The third kappa shape index (κ3) is 4.81. The first-order chi connectivity index (χ1) is 17.0. The van der Waals surface area contributed by atoms with Crippen molar-refractivity contribution in [1.82, 2.24) is 25.3 Å². The first-order valence-corrected chi connectivity index (χ1v) is 10.9. The van der Waals surface area contributed by atoms with E-state index < -0.39 is 11.7 Å². The number of anilines is 1. The van der Waals surface area contributed by atoms with Crippen molar-refractivity contribution in [2.75, 3.05) is 33.1 Å². The number of hydrogen-bond donors (Lipinski definition) is 2. The Bertz CT molecular complexity index is 1380. The van der Waals surface area contributed by atoms with E-state index in [-0.39, 0.29) is 11.5 Å². The highest BCUT2D eigenvalue weighted by Gasteiger charge is 2.19. The molecule has 10 heteroatoms. The van der Waals surface area contributed by atoms with Crippen LogP contribution in [-0.4, -0.2) is 53.7 Å². The normalized spacial score (nSPS) is 11.7. The van der Waals surface area contributed by atoms with E-state index in [0.29, 0.717) is 46.3 Å². The van der Waals surface area contributed by atoms with E-state index >= 15 is 0 Å². The van der Waals surface area contributed by atoms with E-state index in [9.17, 15) is 9.18 Å². The lowest BCUT2D eigenvalue weighted by Crippen LogP contribution is -2.20. The Morgan fingerprint density at radius 1 is 1.09 bits per heavy atom. The van der Waals surface area contributed by atoms with Crippen LogP contribution < -0.4 is 20.1 Å². The minimum Gasteiger partial charge on any atom is -0.491 e. The summed E-state index contributed by atoms with van der Waals surface area (Å²) in [6.45, 7) is 2.54. The van der Waals surface area contributed by atoms with Gasteiger partial charge in [-0.3, -0.25) is 9.78 Å². The lowest BCUT2D eigenvalue weighted by molar-refractivity contribution is 0.0960. The van der Waals surface area contributed by atoms with Gasteiger partial charge < -0.3 is 20.1 Å². The lowest BCUT2D eigenvalue weighted by atomic mass is 9.96. The standard InChI is InChI=1S/C25H25FN6O3/c1-14(15-6-5-7-16-22(24(33)27-2)17(26)12-29-23(15)16)11-28-21-10-19(30-13-31-21)18-8-9-20(34-3)25(32-18)35-4/h5-10,12-14H,11H2,1-4H3,(H,27,33)(H,28,30,31)/t14-/m1/s1. The van der Waals surface area contributed by atoms with Gasteiger partial charge in [0.1, 0.15) is 12.1 Å². The summed E-state index contributed by atoms with van der Waals surface area (Å²) in [5, 5.41) is 6.27. The molecule has 0 aliphatic heterocycles. The van der Waals surface area contributed by atoms with Crippen molar-refractivity contribution >= 4 is 22.6 Å². The summed E-state index contributed by atoms with van der Waals surface area (Å²) in [5.74, 6) is 0.339. The molecule has 0 bridgehead atoms. The molecule has 0 fully saturated rings. The summed E-state index contributed by atoms with van der Waals surface area (Å²) in [6.07, 6.45) is 2.54. The number of aromatic nitrogens is 4. The van der Waals surface area contributed by atoms with E-state index in [1.807, 2.05) is 13.0 Å². The molecule has 3 heterocycles. The fraction of sp³-hybridized carbons (Fsp3) is 0.240. The van der Waals surface area contributed by atoms with Crippen LogP contribution in [0, 0.1) is 5.82 Å². The van der Waals surface area contributed by atoms with Gasteiger partial charge in [-0.25, -0.2) is 19.3 Å². The minimum atomic E-state index is -0.655. The van der Waals surface area contributed by atoms with Gasteiger partial charge >= 0.3 is 0 Å². The number of ether oxygens (including phenoxy) is 2. The first-order valence-electron chi connectivity index (χ1n) is 10.9. The summed E-state index contributed by atoms with van der Waals surface area (Å²) in [4.78, 5) is 29.6. The maximum absolute atomic E-state index is 14.4. The molecule has 0 aliphatic carbocycles. The molecule has 0 radical (unpaired) electrons. The molecule has 1 aromatic carbocycles. The Balaban J connectivity index is 1.57. The number of nitrogens with one attached hydrogen (secondary N) is 2. The number of halogens is 1. The van der Waals surface area contributed by atoms with Crippen LogP contribution in [0.2, 0.25) is 0 Å². The SMILES string of the molecule is CNC(=O)c1c(F)cnc2c([C@H](C)CNc3cc(-c4ccc(OC)c(OC)n4)ncn3)cccc12. The third-order valence-electron chi connectivity index (χ3n) is 5.62. The molecule has 0 aliphatic rings. The van der Waals surface area contributed by atoms with E-state index in [2.05, 4.69) is 30.6 Å². The molecule has 2 N–H and O–H groups in total. The zero-order valence-corrected chi connectivity index (χ0v) is 19.8. The molecule has 0 saturated carbocycles. The van der Waals surface area contributed by atoms with Crippen molar-refractivity contribution < 1.29 is 18.7 Å². The second-order valence-corrected chi connectivity index (χ2v) is 7.78. The summed E-state index contributed by atoms with van der Waals surface area (Å²) in [5.41, 5.74) is 2.69. The van der Waals surface area contributed by atoms with Crippen molar-refractivity contribution in [3.8, 4) is 23.0 Å². The number of rotatable bonds is 8. The Hall–Kier alpha value is -4.34. The zero-order chi connectivity index (χ0) is 24.9. The second-order valence-electron chi connectivity index (χ2n) is 7.78. The van der Waals surface area contributed by atoms with Gasteiger partial charge in [-0.1, -0.05) is 25.1 Å². The highest BCUT2D eigenvalue weighted by molar-refractivity contribution is 6.06. The van der Waals surface area contributed by atoms with Gasteiger partial charge in [-0.2, -0.15) is 0 Å². The quantitative estimate of drug-likeness (QED) is 0.395. The van der Waals surface area contributed by atoms with Crippen LogP contribution in [0.4, 0.5) is 10.2 Å². The maximum atomic E-state index is 14.4. The van der Waals surface area contributed by atoms with Crippen LogP contribution in [0.15, 0.2) is 48.9 Å². The average molecular weight is 477 g/mol. The summed E-state index contributed by atoms with van der Waals surface area (Å²) in [6, 6.07) is 10.8. The fourth-order valence-electron chi connectivity index (χ4n) is 3.81. The average Bonchev–Trinajstić information content (AvgIpc) is 2.90. The topological polar surface area (TPSA) is 111 Å². The monoisotopic (exact) mass is 476 g/mol. The molecule has 3 aromatic heterocycles. The molecule has 4 rings (SSSR count). The number of methoxy groups -OCH3 is 2. The second kappa shape index (κ2) is 10.3. The van der Waals surface area contributed by atoms with Crippen molar-refractivity contribution in [1.29, 1.82) is 0 Å². The van der Waals surface area contributed by atoms with Crippen LogP contribution >= 0.6 is 0 Å². The summed E-state index contributed by atoms with van der Waals surface area (Å²) in [7, 11) is 4.55. The Morgan fingerprint density at radius 3 is 2.66 bits per heavy atom. The number of fused-ring (bicyclic) bond motifs is 1. The number of carbonyl (C=O) groups is 1. The number of benzene rings is 1. The smallest absolute Gasteiger partial charge is 0.257 e. The molecule has 0 unspecified atom stereocenters. The van der Waals surface area contributed by atoms with Gasteiger partial charge in [0.2, 0.25) is 0 Å². The summed E-state index contributed by atoms with van der Waals surface area (Å²) < 4.78 is 24.9. The third-order valence-corrected chi connectivity index (χ3v) is 5.62. The van der Waals surface area contributed by atoms with Gasteiger partial charge in [-0.05, 0) is 17.7 Å². The van der Waals surface area contributed by atoms with Crippen LogP contribution in [0.3, 0.4) is 0 Å². The molecular weight excluding hydrogens is 451 g/mol. The molecule has 4 aromatic rings. The predicted molar refractivity (Wildman–Crippen MR) is 130 cm³/mol. The largest absolute Gasteiger partial charge is 0.491 e. The number of pyridine rings is 2. The van der Waals surface area contributed by atoms with Crippen molar-refractivity contribution in [2.24, 2.45) is 0 Å². The van der Waals surface area contributed by atoms with Crippen molar-refractivity contribution in [3.05, 3.63) is 65.9 Å². The maximum Gasteiger partial charge on any atom is 0.257 e. The number of para-hydroxylation sites is 1. The molecule has 1 atom stereocenters.